The van der Waals surface area contributed by atoms with E-state index >= 15 is 0 Å². The normalized spacial score (nSPS) is 9.08. The van der Waals surface area contributed by atoms with Gasteiger partial charge in [0.2, 0.25) is 0 Å². The lowest BCUT2D eigenvalue weighted by molar-refractivity contribution is -0.434. The predicted molar refractivity (Wildman–Crippen MR) is 37.0 cm³/mol. The van der Waals surface area contributed by atoms with E-state index in [0.29, 0.717) is 0 Å². The van der Waals surface area contributed by atoms with Crippen LogP contribution in [0.25, 0.3) is 0 Å². The molecule has 0 rings (SSSR count). The van der Waals surface area contributed by atoms with Crippen molar-refractivity contribution in [2.45, 2.75) is 0 Å². The summed E-state index contributed by atoms with van der Waals surface area (Å²) in [5, 5.41) is 0. The molecule has 0 aliphatic rings. The first-order valence-corrected chi connectivity index (χ1v) is 4.38. The van der Waals surface area contributed by atoms with Gasteiger partial charge in [0.25, 0.3) is 0 Å². The van der Waals surface area contributed by atoms with Crippen LogP contribution in [0.15, 0.2) is 0 Å². The zero-order chi connectivity index (χ0) is 9.00. The molecular formula is H3Cl3O8P2-6. The van der Waals surface area contributed by atoms with Crippen molar-refractivity contribution in [2.24, 2.45) is 0 Å². The van der Waals surface area contributed by atoms with Crippen molar-refractivity contribution < 1.29 is 38.5 Å². The Kier molecular flexibility index (Phi) is 25.1. The zero-order valence-electron chi connectivity index (χ0n) is 5.39. The van der Waals surface area contributed by atoms with Crippen LogP contribution in [-0.2, 0) is 9.13 Å². The van der Waals surface area contributed by atoms with Crippen molar-refractivity contribution in [2.75, 3.05) is 0 Å². The molecule has 0 bridgehead atoms. The van der Waals surface area contributed by atoms with Gasteiger partial charge in [0, 0.05) is 0 Å². The Morgan fingerprint density at radius 1 is 0.538 bits per heavy atom. The number of phosphoric acid groups is 2. The van der Waals surface area contributed by atoms with E-state index in [1.807, 2.05) is 0 Å². The highest BCUT2D eigenvalue weighted by Gasteiger charge is 1.45. The third kappa shape index (κ3) is 1360. The molecule has 0 fully saturated rings. The highest BCUT2D eigenvalue weighted by atomic mass is 35.5. The van der Waals surface area contributed by atoms with Gasteiger partial charge in [-0.2, -0.15) is 15.6 Å². The Hall–Kier alpha value is 1.09. The summed E-state index contributed by atoms with van der Waals surface area (Å²) in [4.78, 5) is 51.3. The minimum Gasteiger partial charge on any atom is -0.822 e. The van der Waals surface area contributed by atoms with Crippen molar-refractivity contribution in [3.8, 4) is 0 Å². The number of halogens is 3. The van der Waals surface area contributed by atoms with Gasteiger partial charge in [-0.25, -0.2) is 0 Å². The lowest BCUT2D eigenvalue weighted by Crippen LogP contribution is -2.24. The summed E-state index contributed by atoms with van der Waals surface area (Å²) >= 11 is 0. The Balaban J connectivity index is -0.0000000267. The molecule has 0 radical (unpaired) electrons. The first-order valence-electron chi connectivity index (χ1n) is 1.46. The number of rotatable bonds is 0. The van der Waals surface area contributed by atoms with E-state index in [2.05, 4.69) is 0 Å². The van der Waals surface area contributed by atoms with Crippen molar-refractivity contribution in [1.29, 1.82) is 0 Å². The molecule has 0 saturated heterocycles. The van der Waals surface area contributed by atoms with E-state index in [1.54, 1.807) is 0 Å². The molecule has 13 heavy (non-hydrogen) atoms. The molecular weight excluding hydrogens is 296 g/mol. The van der Waals surface area contributed by atoms with Gasteiger partial charge in [0.1, 0.15) is 0 Å². The minimum absolute atomic E-state index is 0. The van der Waals surface area contributed by atoms with Gasteiger partial charge in [-0.05, 0) is 0 Å². The monoisotopic (exact) mass is 298 g/mol. The molecule has 8 nitrogen and oxygen atoms in total. The quantitative estimate of drug-likeness (QED) is 0.403. The SMILES string of the molecule is Cl.Cl.Cl.O=P([O-])([O-])[O-].O=P([O-])([O-])[O-]. The fraction of sp³-hybridized carbons (Fsp3) is 0. The summed E-state index contributed by atoms with van der Waals surface area (Å²) in [6, 6.07) is 0. The average Bonchev–Trinajstić information content (AvgIpc) is 1.12. The van der Waals surface area contributed by atoms with Gasteiger partial charge in [-0.15, -0.1) is 37.2 Å². The van der Waals surface area contributed by atoms with Gasteiger partial charge in [-0.1, -0.05) is 0 Å². The van der Waals surface area contributed by atoms with Crippen molar-refractivity contribution >= 4 is 52.9 Å². The van der Waals surface area contributed by atoms with Gasteiger partial charge in [-0.3, -0.25) is 0 Å². The van der Waals surface area contributed by atoms with Crippen LogP contribution in [0.4, 0.5) is 0 Å². The minimum atomic E-state index is -5.39. The van der Waals surface area contributed by atoms with Crippen LogP contribution in [0.3, 0.4) is 0 Å². The van der Waals surface area contributed by atoms with Crippen LogP contribution in [0.2, 0.25) is 0 Å². The Morgan fingerprint density at radius 2 is 0.538 bits per heavy atom. The van der Waals surface area contributed by atoms with Crippen LogP contribution in [0, 0.1) is 0 Å². The Morgan fingerprint density at radius 3 is 0.538 bits per heavy atom. The standard InChI is InChI=1S/3ClH.2H3O4P/c;;;2*1-5(2,3)4/h3*1H;2*(H3,1,2,3,4)/p-6. The van der Waals surface area contributed by atoms with Crippen LogP contribution in [0.1, 0.15) is 0 Å². The highest BCUT2D eigenvalue weighted by molar-refractivity contribution is 7.40. The van der Waals surface area contributed by atoms with Crippen LogP contribution < -0.4 is 29.4 Å². The summed E-state index contributed by atoms with van der Waals surface area (Å²) in [5.41, 5.74) is 0. The first-order chi connectivity index (χ1) is 4.00. The summed E-state index contributed by atoms with van der Waals surface area (Å²) in [5.74, 6) is 0. The molecule has 0 aliphatic carbocycles. The topological polar surface area (TPSA) is 172 Å². The fourth-order valence-electron chi connectivity index (χ4n) is 0. The molecule has 88 valence electrons. The summed E-state index contributed by atoms with van der Waals surface area (Å²) in [7, 11) is -10.8. The molecule has 0 saturated carbocycles. The molecule has 0 amide bonds. The van der Waals surface area contributed by atoms with E-state index in [1.165, 1.54) is 0 Å². The lowest BCUT2D eigenvalue weighted by Gasteiger charge is -2.36. The molecule has 0 aliphatic heterocycles. The third-order valence-electron chi connectivity index (χ3n) is 0. The van der Waals surface area contributed by atoms with E-state index < -0.39 is 15.6 Å². The van der Waals surface area contributed by atoms with E-state index in [4.69, 9.17) is 38.5 Å². The molecule has 0 N–H and O–H groups in total. The van der Waals surface area contributed by atoms with Gasteiger partial charge < -0.3 is 38.5 Å². The first kappa shape index (κ1) is 29.2. The molecule has 0 aromatic carbocycles. The molecule has 0 heterocycles. The molecule has 0 aromatic heterocycles. The predicted octanol–water partition coefficient (Wildman–Crippen LogP) is -4.38. The fourth-order valence-corrected chi connectivity index (χ4v) is 0. The Bertz CT molecular complexity index is 130. The molecule has 13 heteroatoms. The zero-order valence-corrected chi connectivity index (χ0v) is 9.62. The van der Waals surface area contributed by atoms with Crippen molar-refractivity contribution in [3.63, 3.8) is 0 Å². The smallest absolute Gasteiger partial charge is 0.147 e. The van der Waals surface area contributed by atoms with E-state index in [9.17, 15) is 0 Å². The molecule has 0 spiro atoms. The van der Waals surface area contributed by atoms with Crippen molar-refractivity contribution in [3.05, 3.63) is 0 Å². The molecule has 0 aromatic rings. The maximum atomic E-state index is 8.55. The van der Waals surface area contributed by atoms with Crippen molar-refractivity contribution in [1.82, 2.24) is 0 Å². The maximum Gasteiger partial charge on any atom is -0.147 e. The van der Waals surface area contributed by atoms with Gasteiger partial charge in [0.05, 0.1) is 0 Å². The van der Waals surface area contributed by atoms with E-state index in [-0.39, 0.29) is 37.2 Å². The highest BCUT2D eigenvalue weighted by Crippen LogP contribution is 2.03. The van der Waals surface area contributed by atoms with Crippen LogP contribution in [-0.4, -0.2) is 0 Å². The molecule has 0 unspecified atom stereocenters. The average molecular weight is 299 g/mol. The van der Waals surface area contributed by atoms with Crippen LogP contribution in [0.5, 0.6) is 0 Å². The lowest BCUT2D eigenvalue weighted by atomic mass is 15.8. The number of hydrogen-bond acceptors (Lipinski definition) is 8. The van der Waals surface area contributed by atoms with E-state index in [0.717, 1.165) is 0 Å². The summed E-state index contributed by atoms with van der Waals surface area (Å²) < 4.78 is 17.1. The van der Waals surface area contributed by atoms with Gasteiger partial charge >= 0.3 is 0 Å². The second kappa shape index (κ2) is 11.2. The van der Waals surface area contributed by atoms with Crippen LogP contribution >= 0.6 is 52.9 Å². The summed E-state index contributed by atoms with van der Waals surface area (Å²) in [6.07, 6.45) is 0. The third-order valence-corrected chi connectivity index (χ3v) is 0. The second-order valence-corrected chi connectivity index (χ2v) is 2.68. The molecule has 0 atom stereocenters. The maximum absolute atomic E-state index is 8.55. The second-order valence-electron chi connectivity index (χ2n) is 0.894. The van der Waals surface area contributed by atoms with Gasteiger partial charge in [0.15, 0.2) is 0 Å². The number of hydrogen-bond donors (Lipinski definition) is 0. The Labute approximate surface area is 91.7 Å². The largest absolute Gasteiger partial charge is 0.822 e. The summed E-state index contributed by atoms with van der Waals surface area (Å²) in [6.45, 7) is 0.